The molecule has 0 saturated carbocycles. The molecule has 7 heteroatoms. The van der Waals surface area contributed by atoms with Crippen LogP contribution in [0.25, 0.3) is 11.1 Å². The summed E-state index contributed by atoms with van der Waals surface area (Å²) in [5.41, 5.74) is 4.05. The predicted molar refractivity (Wildman–Crippen MR) is 101 cm³/mol. The molecule has 0 spiro atoms. The topological polar surface area (TPSA) is 68.3 Å². The zero-order valence-electron chi connectivity index (χ0n) is 15.1. The molecule has 0 bridgehead atoms. The Kier molecular flexibility index (Phi) is 3.77. The Labute approximate surface area is 158 Å². The summed E-state index contributed by atoms with van der Waals surface area (Å²) in [5, 5.41) is 3.96. The molecule has 1 aromatic carbocycles. The molecule has 2 unspecified atom stereocenters. The van der Waals surface area contributed by atoms with Crippen LogP contribution in [0, 0.1) is 0 Å². The molecule has 0 amide bonds. The molecule has 2 atom stereocenters. The summed E-state index contributed by atoms with van der Waals surface area (Å²) >= 11 is 0. The molecule has 1 fully saturated rings. The van der Waals surface area contributed by atoms with Crippen molar-refractivity contribution in [1.82, 2.24) is 14.7 Å². The monoisotopic (exact) mass is 383 g/mol. The van der Waals surface area contributed by atoms with E-state index in [0.29, 0.717) is 11.4 Å². The second-order valence-corrected chi connectivity index (χ2v) is 9.49. The van der Waals surface area contributed by atoms with Gasteiger partial charge in [-0.25, -0.2) is 8.42 Å². The molecule has 6 nitrogen and oxygen atoms in total. The Balaban J connectivity index is 1.45. The van der Waals surface area contributed by atoms with Gasteiger partial charge in [0.1, 0.15) is 0 Å². The average molecular weight is 383 g/mol. The summed E-state index contributed by atoms with van der Waals surface area (Å²) in [6, 6.07) is 7.57. The Hall–Kier alpha value is -2.38. The van der Waals surface area contributed by atoms with E-state index in [1.54, 1.807) is 18.6 Å². The van der Waals surface area contributed by atoms with Crippen LogP contribution < -0.4 is 0 Å². The van der Waals surface area contributed by atoms with Crippen LogP contribution in [0.1, 0.15) is 24.0 Å². The van der Waals surface area contributed by atoms with Crippen LogP contribution in [0.15, 0.2) is 58.5 Å². The number of aryl methyl sites for hydroxylation is 1. The van der Waals surface area contributed by atoms with Crippen LogP contribution >= 0.6 is 0 Å². The lowest BCUT2D eigenvalue weighted by Gasteiger charge is -2.16. The Bertz CT molecular complexity index is 1090. The Morgan fingerprint density at radius 2 is 2.11 bits per heavy atom. The van der Waals surface area contributed by atoms with Crippen molar-refractivity contribution in [2.75, 3.05) is 13.1 Å². The van der Waals surface area contributed by atoms with Crippen molar-refractivity contribution < 1.29 is 12.8 Å². The van der Waals surface area contributed by atoms with Gasteiger partial charge in [0.05, 0.1) is 28.9 Å². The van der Waals surface area contributed by atoms with E-state index in [2.05, 4.69) is 16.9 Å². The molecule has 3 aromatic rings. The lowest BCUT2D eigenvalue weighted by atomic mass is 9.95. The maximum absolute atomic E-state index is 13.1. The SMILES string of the molecule is CCn1cc(CN2CC3c4cc(-c5ccoc5)ccc4S(=O)(=O)C3C2)cn1. The van der Waals surface area contributed by atoms with Crippen molar-refractivity contribution in [3.63, 3.8) is 0 Å². The predicted octanol–water partition coefficient (Wildman–Crippen LogP) is 2.92. The molecule has 2 aliphatic heterocycles. The van der Waals surface area contributed by atoms with Gasteiger partial charge in [-0.15, -0.1) is 0 Å². The number of sulfone groups is 1. The fourth-order valence-electron chi connectivity index (χ4n) is 4.38. The molecule has 0 N–H and O–H groups in total. The van der Waals surface area contributed by atoms with Crippen molar-refractivity contribution in [1.29, 1.82) is 0 Å². The molecule has 0 aliphatic carbocycles. The van der Waals surface area contributed by atoms with Crippen molar-refractivity contribution in [2.45, 2.75) is 36.1 Å². The second-order valence-electron chi connectivity index (χ2n) is 7.35. The zero-order valence-corrected chi connectivity index (χ0v) is 15.9. The van der Waals surface area contributed by atoms with Crippen LogP contribution in [-0.2, 0) is 22.9 Å². The zero-order chi connectivity index (χ0) is 18.6. The van der Waals surface area contributed by atoms with Crippen molar-refractivity contribution in [2.24, 2.45) is 0 Å². The molecule has 0 radical (unpaired) electrons. The molecule has 1 saturated heterocycles. The number of aromatic nitrogens is 2. The van der Waals surface area contributed by atoms with Crippen molar-refractivity contribution >= 4 is 9.84 Å². The highest BCUT2D eigenvalue weighted by atomic mass is 32.2. The van der Waals surface area contributed by atoms with Crippen LogP contribution in [0.4, 0.5) is 0 Å². The van der Waals surface area contributed by atoms with E-state index in [0.717, 1.165) is 41.9 Å². The first-order valence-corrected chi connectivity index (χ1v) is 10.7. The summed E-state index contributed by atoms with van der Waals surface area (Å²) in [4.78, 5) is 2.74. The van der Waals surface area contributed by atoms with Crippen molar-refractivity contribution in [3.8, 4) is 11.1 Å². The fraction of sp³-hybridized carbons (Fsp3) is 0.350. The van der Waals surface area contributed by atoms with Gasteiger partial charge in [-0.1, -0.05) is 6.07 Å². The van der Waals surface area contributed by atoms with Gasteiger partial charge < -0.3 is 4.42 Å². The number of fused-ring (bicyclic) bond motifs is 3. The van der Waals surface area contributed by atoms with E-state index < -0.39 is 9.84 Å². The molecule has 5 rings (SSSR count). The van der Waals surface area contributed by atoms with Gasteiger partial charge in [0, 0.05) is 49.4 Å². The minimum atomic E-state index is -3.28. The molecule has 27 heavy (non-hydrogen) atoms. The third kappa shape index (κ3) is 2.64. The maximum atomic E-state index is 13.1. The number of nitrogens with zero attached hydrogens (tertiary/aromatic N) is 3. The number of hydrogen-bond donors (Lipinski definition) is 0. The van der Waals surface area contributed by atoms with Gasteiger partial charge >= 0.3 is 0 Å². The lowest BCUT2D eigenvalue weighted by molar-refractivity contribution is 0.325. The largest absolute Gasteiger partial charge is 0.472 e. The first-order chi connectivity index (χ1) is 13.1. The minimum Gasteiger partial charge on any atom is -0.472 e. The molecule has 140 valence electrons. The Morgan fingerprint density at radius 3 is 2.85 bits per heavy atom. The van der Waals surface area contributed by atoms with E-state index in [1.807, 2.05) is 35.3 Å². The van der Waals surface area contributed by atoms with E-state index >= 15 is 0 Å². The lowest BCUT2D eigenvalue weighted by Crippen LogP contribution is -2.25. The maximum Gasteiger partial charge on any atom is 0.183 e. The van der Waals surface area contributed by atoms with Gasteiger partial charge in [0.2, 0.25) is 0 Å². The average Bonchev–Trinajstić information content (AvgIpc) is 3.43. The van der Waals surface area contributed by atoms with Crippen LogP contribution in [-0.4, -0.2) is 41.4 Å². The van der Waals surface area contributed by atoms with Gasteiger partial charge in [0.25, 0.3) is 0 Å². The molecular weight excluding hydrogens is 362 g/mol. The summed E-state index contributed by atoms with van der Waals surface area (Å²) in [6.45, 7) is 4.95. The number of likely N-dealkylation sites (tertiary alicyclic amines) is 1. The summed E-state index contributed by atoms with van der Waals surface area (Å²) in [5.74, 6) is 0.0260. The molecule has 2 aromatic heterocycles. The summed E-state index contributed by atoms with van der Waals surface area (Å²) in [7, 11) is -3.28. The van der Waals surface area contributed by atoms with Gasteiger partial charge in [-0.05, 0) is 36.2 Å². The van der Waals surface area contributed by atoms with E-state index in [9.17, 15) is 8.42 Å². The highest BCUT2D eigenvalue weighted by molar-refractivity contribution is 7.92. The molecule has 4 heterocycles. The third-order valence-corrected chi connectivity index (χ3v) is 7.99. The smallest absolute Gasteiger partial charge is 0.183 e. The number of furan rings is 1. The molecule has 2 aliphatic rings. The third-order valence-electron chi connectivity index (χ3n) is 5.73. The van der Waals surface area contributed by atoms with Crippen LogP contribution in [0.5, 0.6) is 0 Å². The van der Waals surface area contributed by atoms with Gasteiger partial charge in [-0.3, -0.25) is 9.58 Å². The summed E-state index contributed by atoms with van der Waals surface area (Å²) in [6.07, 6.45) is 7.23. The number of benzene rings is 1. The van der Waals surface area contributed by atoms with Crippen LogP contribution in [0.3, 0.4) is 0 Å². The second kappa shape index (κ2) is 6.07. The first-order valence-electron chi connectivity index (χ1n) is 9.20. The van der Waals surface area contributed by atoms with Gasteiger partial charge in [-0.2, -0.15) is 5.10 Å². The quantitative estimate of drug-likeness (QED) is 0.693. The Morgan fingerprint density at radius 1 is 1.22 bits per heavy atom. The summed E-state index contributed by atoms with van der Waals surface area (Å²) < 4.78 is 33.2. The number of rotatable bonds is 4. The molecular formula is C20H21N3O3S. The normalized spacial score (nSPS) is 23.4. The van der Waals surface area contributed by atoms with E-state index in [1.165, 1.54) is 0 Å². The fourth-order valence-corrected chi connectivity index (χ4v) is 6.58. The minimum absolute atomic E-state index is 0.0260. The standard InChI is InChI=1S/C20H21N3O3S/c1-2-23-10-14(8-21-23)9-22-11-18-17-7-15(16-5-6-26-13-16)3-4-19(17)27(24,25)20(18)12-22/h3-8,10,13,18,20H,2,9,11-12H2,1H3. The van der Waals surface area contributed by atoms with E-state index in [4.69, 9.17) is 4.42 Å². The van der Waals surface area contributed by atoms with Gasteiger partial charge in [0.15, 0.2) is 9.84 Å². The van der Waals surface area contributed by atoms with E-state index in [-0.39, 0.29) is 11.2 Å². The van der Waals surface area contributed by atoms with Crippen molar-refractivity contribution in [3.05, 3.63) is 60.3 Å². The highest BCUT2D eigenvalue weighted by Gasteiger charge is 2.50. The number of hydrogen-bond acceptors (Lipinski definition) is 5. The van der Waals surface area contributed by atoms with Crippen LogP contribution in [0.2, 0.25) is 0 Å². The first kappa shape index (κ1) is 16.8. The highest BCUT2D eigenvalue weighted by Crippen LogP contribution is 2.46.